The lowest BCUT2D eigenvalue weighted by molar-refractivity contribution is -0.142. The summed E-state index contributed by atoms with van der Waals surface area (Å²) in [6, 6.07) is 39.7. The van der Waals surface area contributed by atoms with Crippen LogP contribution in [0, 0.1) is 13.1 Å². The van der Waals surface area contributed by atoms with E-state index in [1.807, 2.05) is 77.7 Å². The molecule has 103 heavy (non-hydrogen) atoms. The van der Waals surface area contributed by atoms with E-state index in [0.717, 1.165) is 107 Å². The zero-order chi connectivity index (χ0) is 71.6. The summed E-state index contributed by atoms with van der Waals surface area (Å²) >= 11 is 12.4. The lowest BCUT2D eigenvalue weighted by Gasteiger charge is -2.34. The Morgan fingerprint density at radius 1 is 0.553 bits per heavy atom. The van der Waals surface area contributed by atoms with Crippen LogP contribution in [0.2, 0.25) is 10.0 Å². The van der Waals surface area contributed by atoms with Crippen LogP contribution in [0.4, 0.5) is 69.8 Å². The second-order valence-corrected chi connectivity index (χ2v) is 25.5. The molecular weight excluding hydrogens is 1350 g/mol. The summed E-state index contributed by atoms with van der Waals surface area (Å²) in [7, 11) is 2.66. The molecule has 13 rings (SSSR count). The normalized spacial score (nSPS) is 14.5. The van der Waals surface area contributed by atoms with Crippen LogP contribution in [0.15, 0.2) is 156 Å². The van der Waals surface area contributed by atoms with Crippen molar-refractivity contribution in [3.05, 3.63) is 218 Å². The predicted molar refractivity (Wildman–Crippen MR) is 395 cm³/mol. The van der Waals surface area contributed by atoms with Crippen molar-refractivity contribution in [3.63, 3.8) is 0 Å². The fraction of sp³-hybridized carbons (Fsp3) is 0.274. The minimum atomic E-state index is -0.825. The number of fused-ring (bicyclic) bond motifs is 2. The van der Waals surface area contributed by atoms with E-state index >= 15 is 0 Å². The number of nitrogens with one attached hydrogen (secondary N) is 7. The van der Waals surface area contributed by atoms with Crippen molar-refractivity contribution >= 4 is 129 Å². The average molecular weight is 1420 g/mol. The molecule has 0 unspecified atom stereocenters. The summed E-state index contributed by atoms with van der Waals surface area (Å²) in [6.45, 7) is 22.4. The van der Waals surface area contributed by atoms with Crippen molar-refractivity contribution in [2.75, 3.05) is 112 Å². The first-order chi connectivity index (χ1) is 50.2. The number of anilines is 8. The zero-order valence-electron chi connectivity index (χ0n) is 56.3. The van der Waals surface area contributed by atoms with Crippen molar-refractivity contribution in [1.82, 2.24) is 59.5 Å². The molecule has 2 saturated heterocycles. The van der Waals surface area contributed by atoms with E-state index in [1.54, 1.807) is 59.6 Å². The second kappa shape index (κ2) is 33.9. The predicted octanol–water partition coefficient (Wildman–Crippen LogP) is 10.5. The number of benzene rings is 6. The number of esters is 2. The Bertz CT molecular complexity index is 4670. The molecule has 2 amide bonds. The van der Waals surface area contributed by atoms with Gasteiger partial charge in [0.15, 0.2) is 11.4 Å². The Labute approximate surface area is 604 Å². The summed E-state index contributed by atoms with van der Waals surface area (Å²) < 4.78 is 10.2. The first kappa shape index (κ1) is 70.9. The third-order valence-electron chi connectivity index (χ3n) is 17.3. The monoisotopic (exact) mass is 1420 g/mol. The fourth-order valence-corrected chi connectivity index (χ4v) is 12.3. The standard InChI is InChI=1S/C38H37ClN12O3.C35H35ClN10O3/c1-40-28-10-6-24(7-11-28)17-32(35(53)54-2)46-38-48-36(42-20-30-18-26-8-9-27(39)19-31(26)44-30)47-37(49-38)45-29-5-3-4-25(16-29)22-50-12-14-51(15-13-50)34(52)33-21-41-23-43-33;1-37-27-10-6-23(7-11-27)17-31(32(48)49-2)41-35-43-33(38-20-29-18-25-8-9-26(36)19-30(25)39-29)42-34(44-35)40-28-5-3-4-24(16-28)21-45-12-14-46(22-47)15-13-45/h3-11,16,19,21,23,32H,12-15,17-18,20,22H2,2H3,(H,41,43)(H3,42,45,46,47,48,49);3-11,16,19,22,31H,12-15,17-18,20-21H2,2H3,(H3,38,40,41,42,43,44)/t32-;31-/m00/s1. The fourth-order valence-electron chi connectivity index (χ4n) is 12.0. The van der Waals surface area contributed by atoms with Crippen molar-refractivity contribution in [1.29, 1.82) is 0 Å². The number of methoxy groups -OCH3 is 2. The van der Waals surface area contributed by atoms with Crippen LogP contribution in [0.3, 0.4) is 0 Å². The van der Waals surface area contributed by atoms with Gasteiger partial charge in [0.05, 0.1) is 64.4 Å². The topological polar surface area (TPSA) is 311 Å². The molecule has 524 valence electrons. The molecule has 9 aromatic rings. The number of rotatable bonds is 26. The average Bonchev–Trinajstić information content (AvgIpc) is 0.973. The van der Waals surface area contributed by atoms with Gasteiger partial charge in [0.25, 0.3) is 5.91 Å². The van der Waals surface area contributed by atoms with Crippen LogP contribution in [0.5, 0.6) is 0 Å². The van der Waals surface area contributed by atoms with Crippen molar-refractivity contribution in [3.8, 4) is 0 Å². The van der Waals surface area contributed by atoms with Crippen LogP contribution in [0.25, 0.3) is 9.69 Å². The van der Waals surface area contributed by atoms with Crippen molar-refractivity contribution in [2.45, 2.75) is 50.9 Å². The molecule has 28 nitrogen and oxygen atoms in total. The van der Waals surface area contributed by atoms with Gasteiger partial charge in [-0.15, -0.1) is 0 Å². The molecular formula is C73H72Cl2N22O6. The summed E-state index contributed by atoms with van der Waals surface area (Å²) in [5, 5.41) is 20.7. The number of hydrogen-bond acceptors (Lipinski definition) is 23. The van der Waals surface area contributed by atoms with Crippen molar-refractivity contribution in [2.24, 2.45) is 9.98 Å². The third kappa shape index (κ3) is 19.5. The number of piperazine rings is 2. The number of carbonyl (C=O) groups is 4. The van der Waals surface area contributed by atoms with Crippen LogP contribution >= 0.6 is 23.2 Å². The number of carbonyl (C=O) groups excluding carboxylic acids is 4. The van der Waals surface area contributed by atoms with Gasteiger partial charge in [-0.1, -0.05) is 108 Å². The number of hydrogen-bond donors (Lipinski definition) is 7. The summed E-state index contributed by atoms with van der Waals surface area (Å²) in [5.41, 5.74) is 12.6. The summed E-state index contributed by atoms with van der Waals surface area (Å²) in [4.78, 5) is 109. The van der Waals surface area contributed by atoms with E-state index in [1.165, 1.54) is 20.5 Å². The highest BCUT2D eigenvalue weighted by atomic mass is 35.5. The maximum atomic E-state index is 13.0. The summed E-state index contributed by atoms with van der Waals surface area (Å²) in [5.74, 6) is 0.378. The third-order valence-corrected chi connectivity index (χ3v) is 17.8. The number of aromatic nitrogens is 8. The van der Waals surface area contributed by atoms with E-state index in [9.17, 15) is 19.2 Å². The molecule has 0 spiro atoms. The Morgan fingerprint density at radius 2 is 1.00 bits per heavy atom. The Balaban J connectivity index is 0.000000195. The van der Waals surface area contributed by atoms with E-state index in [4.69, 9.17) is 55.8 Å². The maximum Gasteiger partial charge on any atom is 0.328 e. The van der Waals surface area contributed by atoms with Gasteiger partial charge in [-0.3, -0.25) is 29.4 Å². The van der Waals surface area contributed by atoms with Crippen LogP contribution in [-0.4, -0.2) is 187 Å². The van der Waals surface area contributed by atoms with Gasteiger partial charge in [0.1, 0.15) is 17.8 Å². The largest absolute Gasteiger partial charge is 0.467 e. The van der Waals surface area contributed by atoms with Gasteiger partial charge in [-0.2, -0.15) is 29.9 Å². The van der Waals surface area contributed by atoms with Crippen LogP contribution in [-0.2, 0) is 62.6 Å². The maximum absolute atomic E-state index is 13.0. The molecule has 2 fully saturated rings. The van der Waals surface area contributed by atoms with Gasteiger partial charge in [-0.25, -0.2) is 24.3 Å². The molecule has 0 aliphatic carbocycles. The highest BCUT2D eigenvalue weighted by Gasteiger charge is 2.27. The number of imidazole rings is 1. The summed E-state index contributed by atoms with van der Waals surface area (Å²) in [6.07, 6.45) is 5.86. The molecule has 7 heterocycles. The first-order valence-electron chi connectivity index (χ1n) is 33.1. The van der Waals surface area contributed by atoms with Crippen molar-refractivity contribution < 1.29 is 28.7 Å². The number of halogens is 2. The van der Waals surface area contributed by atoms with Gasteiger partial charge in [-0.05, 0) is 81.9 Å². The van der Waals surface area contributed by atoms with Gasteiger partial charge < -0.3 is 56.2 Å². The minimum Gasteiger partial charge on any atom is -0.467 e. The Kier molecular flexibility index (Phi) is 23.4. The minimum absolute atomic E-state index is 0.0437. The molecule has 4 aliphatic rings. The number of aromatic amines is 1. The molecule has 0 bridgehead atoms. The van der Waals surface area contributed by atoms with Gasteiger partial charge in [0.2, 0.25) is 42.1 Å². The molecule has 6 aromatic carbocycles. The number of nitrogens with zero attached hydrogens (tertiary/aromatic N) is 15. The molecule has 4 aliphatic heterocycles. The SMILES string of the molecule is [C-]#[N+]c1ccc(C[C@H](Nc2nc(NCC3=Nc4cc(Cl)ccc4C3)nc(Nc3cccc(CN4CCN(C(=O)c5cnc[nH]5)CC4)c3)n2)C(=O)OC)cc1.[C-]#[N+]c1ccc(C[C@H](Nc2nc(NCC3=Nc4cc(Cl)ccc4C3)nc(Nc3cccc(CN4CCN(C=O)CC4)c3)n2)C(=O)OC)cc1. The molecule has 7 N–H and O–H groups in total. The molecule has 0 radical (unpaired) electrons. The molecule has 3 aromatic heterocycles. The van der Waals surface area contributed by atoms with E-state index < -0.39 is 24.0 Å². The molecule has 30 heteroatoms. The van der Waals surface area contributed by atoms with Gasteiger partial charge in [0, 0.05) is 124 Å². The number of H-pyrrole nitrogens is 1. The van der Waals surface area contributed by atoms with E-state index in [2.05, 4.69) is 103 Å². The van der Waals surface area contributed by atoms with E-state index in [-0.39, 0.29) is 54.4 Å². The highest BCUT2D eigenvalue weighted by molar-refractivity contribution is 6.31. The lowest BCUT2D eigenvalue weighted by Crippen LogP contribution is -2.48. The second-order valence-electron chi connectivity index (χ2n) is 24.6. The van der Waals surface area contributed by atoms with Crippen LogP contribution in [0.1, 0.15) is 43.9 Å². The smallest absolute Gasteiger partial charge is 0.328 e. The van der Waals surface area contributed by atoms with Gasteiger partial charge >= 0.3 is 11.9 Å². The quantitative estimate of drug-likeness (QED) is 0.0150. The molecule has 2 atom stereocenters. The lowest BCUT2D eigenvalue weighted by atomic mass is 10.1. The first-order valence-corrected chi connectivity index (χ1v) is 33.9. The number of aliphatic imine (C=N–C) groups is 2. The van der Waals surface area contributed by atoms with E-state index in [0.29, 0.717) is 85.8 Å². The highest BCUT2D eigenvalue weighted by Crippen LogP contribution is 2.32. The zero-order valence-corrected chi connectivity index (χ0v) is 57.8. The van der Waals surface area contributed by atoms with Crippen LogP contribution < -0.4 is 31.9 Å². The number of ether oxygens (including phenoxy) is 2. The Hall–Kier alpha value is -12.0. The number of amides is 2. The molecule has 0 saturated carbocycles. The Morgan fingerprint density at radius 3 is 1.43 bits per heavy atom.